The lowest BCUT2D eigenvalue weighted by Gasteiger charge is -2.45. The van der Waals surface area contributed by atoms with Crippen LogP contribution in [0.25, 0.3) is 0 Å². The zero-order chi connectivity index (χ0) is 7.68. The summed E-state index contributed by atoms with van der Waals surface area (Å²) in [6, 6.07) is 0. The highest BCUT2D eigenvalue weighted by Gasteiger charge is 2.29. The minimum Gasteiger partial charge on any atom is -0.376 e. The molecule has 0 radical (unpaired) electrons. The second kappa shape index (κ2) is 3.06. The van der Waals surface area contributed by atoms with Gasteiger partial charge in [-0.2, -0.15) is 0 Å². The van der Waals surface area contributed by atoms with E-state index in [-0.39, 0.29) is 0 Å². The smallest absolute Gasteiger partial charge is 0.143 e. The molecule has 2 fully saturated rings. The van der Waals surface area contributed by atoms with Gasteiger partial charge in [-0.1, -0.05) is 0 Å². The normalized spacial score (nSPS) is 35.2. The van der Waals surface area contributed by atoms with Crippen molar-refractivity contribution in [2.45, 2.75) is 12.6 Å². The molecule has 0 aromatic heterocycles. The quantitative estimate of drug-likeness (QED) is 0.545. The van der Waals surface area contributed by atoms with Gasteiger partial charge in [-0.3, -0.25) is 0 Å². The van der Waals surface area contributed by atoms with Crippen LogP contribution in [0, 0.1) is 0 Å². The van der Waals surface area contributed by atoms with Crippen molar-refractivity contribution in [1.82, 2.24) is 10.0 Å². The van der Waals surface area contributed by atoms with Crippen LogP contribution in [0.4, 0.5) is 0 Å². The molecule has 2 aliphatic rings. The predicted molar refractivity (Wildman–Crippen MR) is 39.7 cm³/mol. The molecule has 64 valence electrons. The van der Waals surface area contributed by atoms with Crippen molar-refractivity contribution in [2.24, 2.45) is 0 Å². The monoisotopic (exact) mass is 158 g/mol. The molecular weight excluding hydrogens is 144 g/mol. The lowest BCUT2D eigenvalue weighted by atomic mass is 10.2. The number of aliphatic hydroxyl groups excluding tert-OH is 1. The van der Waals surface area contributed by atoms with E-state index >= 15 is 0 Å². The molecule has 1 atom stereocenters. The summed E-state index contributed by atoms with van der Waals surface area (Å²) in [5, 5.41) is 13.7. The second-order valence-corrected chi connectivity index (χ2v) is 3.03. The molecule has 0 aliphatic carbocycles. The number of hydrazine groups is 1. The Balaban J connectivity index is 1.88. The van der Waals surface area contributed by atoms with Gasteiger partial charge in [0.25, 0.3) is 0 Å². The maximum Gasteiger partial charge on any atom is 0.143 e. The van der Waals surface area contributed by atoms with E-state index < -0.39 is 6.23 Å². The summed E-state index contributed by atoms with van der Waals surface area (Å²) in [6.45, 7) is 4.22. The van der Waals surface area contributed by atoms with Crippen molar-refractivity contribution < 1.29 is 9.84 Å². The van der Waals surface area contributed by atoms with E-state index in [2.05, 4.69) is 5.01 Å². The molecule has 0 aromatic carbocycles. The van der Waals surface area contributed by atoms with Crippen LogP contribution >= 0.6 is 0 Å². The van der Waals surface area contributed by atoms with Gasteiger partial charge in [0, 0.05) is 19.6 Å². The van der Waals surface area contributed by atoms with Crippen molar-refractivity contribution in [2.75, 3.05) is 32.8 Å². The third kappa shape index (κ3) is 1.39. The first kappa shape index (κ1) is 7.49. The third-order valence-electron chi connectivity index (χ3n) is 2.27. The van der Waals surface area contributed by atoms with Crippen LogP contribution in [0.1, 0.15) is 6.42 Å². The largest absolute Gasteiger partial charge is 0.376 e. The van der Waals surface area contributed by atoms with Gasteiger partial charge < -0.3 is 9.84 Å². The number of nitrogens with zero attached hydrogens (tertiary/aromatic N) is 2. The molecule has 0 aromatic rings. The maximum atomic E-state index is 9.46. The van der Waals surface area contributed by atoms with Crippen molar-refractivity contribution in [3.63, 3.8) is 0 Å². The van der Waals surface area contributed by atoms with Crippen molar-refractivity contribution in [3.05, 3.63) is 0 Å². The van der Waals surface area contributed by atoms with Gasteiger partial charge in [-0.05, 0) is 6.42 Å². The Bertz CT molecular complexity index is 136. The van der Waals surface area contributed by atoms with Gasteiger partial charge in [0.2, 0.25) is 0 Å². The highest BCUT2D eigenvalue weighted by atomic mass is 16.5. The molecular formula is C7H14N2O2. The summed E-state index contributed by atoms with van der Waals surface area (Å²) < 4.78 is 5.11. The summed E-state index contributed by atoms with van der Waals surface area (Å²) >= 11 is 0. The molecule has 2 rings (SSSR count). The van der Waals surface area contributed by atoms with Crippen molar-refractivity contribution in [1.29, 1.82) is 0 Å². The SMILES string of the molecule is OC1COCCN1N1CCC1. The fraction of sp³-hybridized carbons (Fsp3) is 1.00. The molecule has 2 aliphatic heterocycles. The number of rotatable bonds is 1. The first-order valence-corrected chi connectivity index (χ1v) is 4.15. The predicted octanol–water partition coefficient (Wildman–Crippen LogP) is -0.742. The average Bonchev–Trinajstić information content (AvgIpc) is 1.90. The van der Waals surface area contributed by atoms with Gasteiger partial charge in [0.15, 0.2) is 0 Å². The van der Waals surface area contributed by atoms with Gasteiger partial charge in [0.05, 0.1) is 13.2 Å². The van der Waals surface area contributed by atoms with Crippen molar-refractivity contribution >= 4 is 0 Å². The lowest BCUT2D eigenvalue weighted by molar-refractivity contribution is -0.217. The maximum absolute atomic E-state index is 9.46. The van der Waals surface area contributed by atoms with Crippen LogP contribution in [-0.2, 0) is 4.74 Å². The van der Waals surface area contributed by atoms with E-state index in [0.717, 1.165) is 26.2 Å². The Hall–Kier alpha value is -0.160. The van der Waals surface area contributed by atoms with E-state index in [9.17, 15) is 5.11 Å². The molecule has 4 heteroatoms. The minimum absolute atomic E-state index is 0.413. The first-order chi connectivity index (χ1) is 5.38. The molecule has 0 amide bonds. The van der Waals surface area contributed by atoms with E-state index in [1.807, 2.05) is 5.01 Å². The highest BCUT2D eigenvalue weighted by Crippen LogP contribution is 2.14. The van der Waals surface area contributed by atoms with Gasteiger partial charge in [-0.15, -0.1) is 0 Å². The summed E-state index contributed by atoms with van der Waals surface area (Å²) in [5.41, 5.74) is 0. The molecule has 0 spiro atoms. The topological polar surface area (TPSA) is 35.9 Å². The zero-order valence-electron chi connectivity index (χ0n) is 6.57. The molecule has 2 saturated heterocycles. The number of aliphatic hydroxyl groups is 1. The molecule has 1 unspecified atom stereocenters. The Morgan fingerprint density at radius 1 is 1.27 bits per heavy atom. The van der Waals surface area contributed by atoms with Gasteiger partial charge in [-0.25, -0.2) is 10.0 Å². The molecule has 4 nitrogen and oxygen atoms in total. The van der Waals surface area contributed by atoms with Crippen LogP contribution < -0.4 is 0 Å². The zero-order valence-corrected chi connectivity index (χ0v) is 6.57. The molecule has 0 bridgehead atoms. The second-order valence-electron chi connectivity index (χ2n) is 3.03. The number of hydrogen-bond donors (Lipinski definition) is 1. The van der Waals surface area contributed by atoms with Crippen molar-refractivity contribution in [3.8, 4) is 0 Å². The van der Waals surface area contributed by atoms with Gasteiger partial charge in [0.1, 0.15) is 6.23 Å². The van der Waals surface area contributed by atoms with Crippen LogP contribution in [0.15, 0.2) is 0 Å². The first-order valence-electron chi connectivity index (χ1n) is 4.15. The van der Waals surface area contributed by atoms with E-state index in [1.54, 1.807) is 0 Å². The number of hydrogen-bond acceptors (Lipinski definition) is 4. The Morgan fingerprint density at radius 2 is 2.09 bits per heavy atom. The number of morpholine rings is 1. The molecule has 11 heavy (non-hydrogen) atoms. The summed E-state index contributed by atoms with van der Waals surface area (Å²) in [5.74, 6) is 0. The van der Waals surface area contributed by atoms with Crippen LogP contribution in [0.3, 0.4) is 0 Å². The van der Waals surface area contributed by atoms with Crippen LogP contribution in [0.2, 0.25) is 0 Å². The Morgan fingerprint density at radius 3 is 2.64 bits per heavy atom. The fourth-order valence-electron chi connectivity index (χ4n) is 1.47. The van der Waals surface area contributed by atoms with E-state index in [1.165, 1.54) is 6.42 Å². The summed E-state index contributed by atoms with van der Waals surface area (Å²) in [7, 11) is 0. The molecule has 0 saturated carbocycles. The Labute approximate surface area is 66.3 Å². The minimum atomic E-state index is -0.413. The van der Waals surface area contributed by atoms with Crippen LogP contribution in [0.5, 0.6) is 0 Å². The van der Waals surface area contributed by atoms with Crippen LogP contribution in [-0.4, -0.2) is 54.2 Å². The number of ether oxygens (including phenoxy) is 1. The van der Waals surface area contributed by atoms with Gasteiger partial charge >= 0.3 is 0 Å². The Kier molecular flexibility index (Phi) is 2.09. The summed E-state index contributed by atoms with van der Waals surface area (Å²) in [6.07, 6.45) is 0.841. The molecule has 2 heterocycles. The van der Waals surface area contributed by atoms with E-state index in [0.29, 0.717) is 6.61 Å². The average molecular weight is 158 g/mol. The molecule has 1 N–H and O–H groups in total. The fourth-order valence-corrected chi connectivity index (χ4v) is 1.47. The highest BCUT2D eigenvalue weighted by molar-refractivity contribution is 4.71. The van der Waals surface area contributed by atoms with E-state index in [4.69, 9.17) is 4.74 Å². The standard InChI is InChI=1S/C7H14N2O2/c10-7-6-11-5-4-9(7)8-2-1-3-8/h7,10H,1-6H2. The summed E-state index contributed by atoms with van der Waals surface area (Å²) in [4.78, 5) is 0. The third-order valence-corrected chi connectivity index (χ3v) is 2.27. The lowest BCUT2D eigenvalue weighted by Crippen LogP contribution is -2.59.